The molecule has 0 fully saturated rings. The Labute approximate surface area is 262 Å². The van der Waals surface area contributed by atoms with Crippen molar-refractivity contribution in [2.45, 2.75) is 173 Å². The van der Waals surface area contributed by atoms with Crippen LogP contribution in [0.1, 0.15) is 149 Å². The second kappa shape index (κ2) is 29.4. The minimum atomic E-state index is -2.20. The van der Waals surface area contributed by atoms with E-state index in [9.17, 15) is 9.59 Å². The monoisotopic (exact) mass is 622 g/mol. The number of aliphatic hydroxyl groups excluding tert-OH is 5. The van der Waals surface area contributed by atoms with Crippen LogP contribution in [-0.4, -0.2) is 98.8 Å². The molecule has 0 aliphatic rings. The highest BCUT2D eigenvalue weighted by Crippen LogP contribution is 2.15. The summed E-state index contributed by atoms with van der Waals surface area (Å²) >= 11 is 0. The first-order valence-corrected chi connectivity index (χ1v) is 17.1. The molecule has 0 heterocycles. The van der Waals surface area contributed by atoms with Crippen LogP contribution in [0.3, 0.4) is 0 Å². The fourth-order valence-corrected chi connectivity index (χ4v) is 5.04. The lowest BCUT2D eigenvalue weighted by atomic mass is 10.0. The van der Waals surface area contributed by atoms with Crippen molar-refractivity contribution < 1.29 is 44.8 Å². The number of carbonyl (C=O) groups is 2. The zero-order chi connectivity index (χ0) is 32.9. The molecule has 0 aliphatic carbocycles. The van der Waals surface area contributed by atoms with Gasteiger partial charge in [0.05, 0.1) is 20.7 Å². The van der Waals surface area contributed by atoms with Crippen molar-refractivity contribution in [2.24, 2.45) is 0 Å². The molecule has 10 heteroatoms. The molecule has 0 spiro atoms. The number of carboxylic acids is 1. The van der Waals surface area contributed by atoms with Crippen LogP contribution in [0.25, 0.3) is 0 Å². The van der Waals surface area contributed by atoms with Crippen LogP contribution in [-0.2, 0) is 9.59 Å². The van der Waals surface area contributed by atoms with E-state index < -0.39 is 37.0 Å². The Balaban J connectivity index is 0. The minimum Gasteiger partial charge on any atom is -0.479 e. The quantitative estimate of drug-likeness (QED) is 0.0370. The largest absolute Gasteiger partial charge is 0.479 e. The van der Waals surface area contributed by atoms with E-state index in [-0.39, 0.29) is 5.91 Å². The van der Waals surface area contributed by atoms with Crippen LogP contribution in [0.2, 0.25) is 0 Å². The van der Waals surface area contributed by atoms with Gasteiger partial charge in [-0.2, -0.15) is 0 Å². The number of carbonyl (C=O) groups excluding carboxylic acids is 1. The van der Waals surface area contributed by atoms with Gasteiger partial charge >= 0.3 is 5.97 Å². The van der Waals surface area contributed by atoms with Crippen LogP contribution in [0.15, 0.2) is 0 Å². The molecule has 1 amide bonds. The van der Waals surface area contributed by atoms with Crippen LogP contribution >= 0.6 is 0 Å². The zero-order valence-corrected chi connectivity index (χ0v) is 28.0. The normalized spacial score (nSPS) is 14.3. The van der Waals surface area contributed by atoms with E-state index in [2.05, 4.69) is 33.4 Å². The first-order chi connectivity index (χ1) is 20.4. The van der Waals surface area contributed by atoms with Crippen LogP contribution in [0.5, 0.6) is 0 Å². The van der Waals surface area contributed by atoms with Gasteiger partial charge in [-0.25, -0.2) is 14.8 Å². The fourth-order valence-electron chi connectivity index (χ4n) is 5.04. The molecule has 0 unspecified atom stereocenters. The molecule has 0 aromatic rings. The van der Waals surface area contributed by atoms with Gasteiger partial charge in [-0.05, 0) is 12.8 Å². The second-order valence-corrected chi connectivity index (χ2v) is 12.6. The topological polar surface area (TPSA) is 168 Å². The van der Waals surface area contributed by atoms with Gasteiger partial charge in [0.15, 0.2) is 6.10 Å². The SMILES string of the molecule is CCCCCCCCCCCCCCCCCCCCCC(=O)N[N+](C)(C)CCC.O=C(O)[C@H](O)[C@@H](O)[C@H](O)[C@H](O)CO. The van der Waals surface area contributed by atoms with Gasteiger partial charge in [-0.1, -0.05) is 129 Å². The molecule has 0 saturated heterocycles. The molecular formula is C33H69N2O8+. The summed E-state index contributed by atoms with van der Waals surface area (Å²) in [5, 5.41) is 51.8. The average molecular weight is 622 g/mol. The number of nitrogens with one attached hydrogen (secondary N) is 1. The van der Waals surface area contributed by atoms with Gasteiger partial charge in [-0.15, -0.1) is 0 Å². The van der Waals surface area contributed by atoms with Crippen molar-refractivity contribution >= 4 is 11.9 Å². The summed E-state index contributed by atoms with van der Waals surface area (Å²) in [6.07, 6.45) is 20.3. The van der Waals surface area contributed by atoms with E-state index in [1.165, 1.54) is 116 Å². The third kappa shape index (κ3) is 28.0. The summed E-state index contributed by atoms with van der Waals surface area (Å²) in [5.41, 5.74) is 3.11. The van der Waals surface area contributed by atoms with E-state index in [0.717, 1.165) is 19.4 Å². The molecule has 258 valence electrons. The zero-order valence-electron chi connectivity index (χ0n) is 28.0. The lowest BCUT2D eigenvalue weighted by Gasteiger charge is -2.28. The van der Waals surface area contributed by atoms with Crippen molar-refractivity contribution in [3.63, 3.8) is 0 Å². The van der Waals surface area contributed by atoms with E-state index in [1.54, 1.807) is 0 Å². The highest BCUT2D eigenvalue weighted by molar-refractivity contribution is 5.74. The number of rotatable bonds is 28. The van der Waals surface area contributed by atoms with Gasteiger partial charge in [0.25, 0.3) is 5.91 Å². The molecule has 0 saturated carbocycles. The highest BCUT2D eigenvalue weighted by atomic mass is 16.4. The summed E-state index contributed by atoms with van der Waals surface area (Å²) in [6.45, 7) is 4.60. The van der Waals surface area contributed by atoms with E-state index in [4.69, 9.17) is 30.6 Å². The molecule has 0 aromatic heterocycles. The molecule has 4 atom stereocenters. The number of carboxylic acid groups (broad SMARTS) is 1. The van der Waals surface area contributed by atoms with Gasteiger partial charge in [0, 0.05) is 6.42 Å². The maximum Gasteiger partial charge on any atom is 0.335 e. The van der Waals surface area contributed by atoms with E-state index in [1.807, 2.05) is 0 Å². The smallest absolute Gasteiger partial charge is 0.335 e. The number of quaternary nitrogens is 1. The lowest BCUT2D eigenvalue weighted by Crippen LogP contribution is -2.54. The Morgan fingerprint density at radius 1 is 0.605 bits per heavy atom. The van der Waals surface area contributed by atoms with Crippen molar-refractivity contribution in [1.82, 2.24) is 5.43 Å². The number of unbranched alkanes of at least 4 members (excludes halogenated alkanes) is 18. The average Bonchev–Trinajstić information content (AvgIpc) is 2.96. The van der Waals surface area contributed by atoms with Crippen LogP contribution in [0, 0.1) is 0 Å². The molecule has 0 bridgehead atoms. The van der Waals surface area contributed by atoms with Crippen molar-refractivity contribution in [1.29, 1.82) is 0 Å². The molecule has 7 N–H and O–H groups in total. The standard InChI is InChI=1S/C27H56N2O.C6H12O7/c1-5-7-8-9-10-11-12-13-14-15-16-17-18-19-20-21-22-23-24-25-27(30)28-29(3,4)26-6-2;7-1-2(8)3(9)4(10)5(11)6(12)13/h5-26H2,1-4H3;2-5,7-11H,1H2,(H,12,13)/p+1/t;2-,3-,4+,5-/m.1/s1. The van der Waals surface area contributed by atoms with Gasteiger partial charge < -0.3 is 30.6 Å². The number of hydrogen-bond donors (Lipinski definition) is 7. The molecule has 0 radical (unpaired) electrons. The Morgan fingerprint density at radius 2 is 0.977 bits per heavy atom. The molecule has 10 nitrogen and oxygen atoms in total. The second-order valence-electron chi connectivity index (χ2n) is 12.6. The highest BCUT2D eigenvalue weighted by Gasteiger charge is 2.33. The lowest BCUT2D eigenvalue weighted by molar-refractivity contribution is -0.925. The summed E-state index contributed by atoms with van der Waals surface area (Å²) in [6, 6.07) is 0. The molecule has 43 heavy (non-hydrogen) atoms. The predicted molar refractivity (Wildman–Crippen MR) is 172 cm³/mol. The van der Waals surface area contributed by atoms with Gasteiger partial charge in [0.1, 0.15) is 24.9 Å². The molecular weight excluding hydrogens is 552 g/mol. The summed E-state index contributed by atoms with van der Waals surface area (Å²) in [5.74, 6) is -1.52. The minimum absolute atomic E-state index is 0.209. The van der Waals surface area contributed by atoms with Crippen molar-refractivity contribution in [2.75, 3.05) is 27.2 Å². The van der Waals surface area contributed by atoms with Crippen molar-refractivity contribution in [3.05, 3.63) is 0 Å². The number of hydrogen-bond acceptors (Lipinski definition) is 7. The summed E-state index contributed by atoms with van der Waals surface area (Å²) < 4.78 is 0.606. The Kier molecular flexibility index (Phi) is 30.0. The number of aliphatic carboxylic acids is 1. The molecule has 0 rings (SSSR count). The van der Waals surface area contributed by atoms with E-state index >= 15 is 0 Å². The van der Waals surface area contributed by atoms with Gasteiger partial charge in [-0.3, -0.25) is 4.79 Å². The number of amides is 1. The fraction of sp³-hybridized carbons (Fsp3) is 0.939. The number of nitrogens with zero attached hydrogens (tertiary/aromatic N) is 1. The summed E-state index contributed by atoms with van der Waals surface area (Å²) in [7, 11) is 4.13. The van der Waals surface area contributed by atoms with Gasteiger partial charge in [0.2, 0.25) is 0 Å². The molecule has 0 aliphatic heterocycles. The Hall–Kier alpha value is -1.30. The predicted octanol–water partition coefficient (Wildman–Crippen LogP) is 4.83. The number of aliphatic hydroxyl groups is 5. The maximum atomic E-state index is 12.0. The third-order valence-corrected chi connectivity index (χ3v) is 7.73. The van der Waals surface area contributed by atoms with Crippen molar-refractivity contribution in [3.8, 4) is 0 Å². The third-order valence-electron chi connectivity index (χ3n) is 7.73. The summed E-state index contributed by atoms with van der Waals surface area (Å²) in [4.78, 5) is 22.1. The van der Waals surface area contributed by atoms with Crippen LogP contribution in [0.4, 0.5) is 0 Å². The Morgan fingerprint density at radius 3 is 1.30 bits per heavy atom. The first kappa shape index (κ1) is 43.8. The Bertz CT molecular complexity index is 650. The maximum absolute atomic E-state index is 12.0. The molecule has 0 aromatic carbocycles. The van der Waals surface area contributed by atoms with E-state index in [0.29, 0.717) is 11.0 Å². The van der Waals surface area contributed by atoms with Crippen LogP contribution < -0.4 is 5.43 Å². The first-order valence-electron chi connectivity index (χ1n) is 17.1.